The minimum atomic E-state index is 0.214. The maximum absolute atomic E-state index is 11.4. The lowest BCUT2D eigenvalue weighted by molar-refractivity contribution is -0.110. The van der Waals surface area contributed by atoms with E-state index in [-0.39, 0.29) is 5.12 Å². The monoisotopic (exact) mass is 216 g/mol. The Balaban J connectivity index is 2.46. The highest BCUT2D eigenvalue weighted by atomic mass is 32.2. The molecule has 2 heteroatoms. The zero-order valence-corrected chi connectivity index (χ0v) is 9.38. The maximum Gasteiger partial charge on any atom is 0.193 e. The van der Waals surface area contributed by atoms with Crippen molar-refractivity contribution in [1.29, 1.82) is 0 Å². The van der Waals surface area contributed by atoms with Gasteiger partial charge in [-0.25, -0.2) is 0 Å². The van der Waals surface area contributed by atoms with Crippen molar-refractivity contribution in [1.82, 2.24) is 0 Å². The molecule has 0 amide bonds. The fourth-order valence-electron chi connectivity index (χ4n) is 1.67. The second kappa shape index (κ2) is 4.49. The molecule has 0 aliphatic carbocycles. The highest BCUT2D eigenvalue weighted by Gasteiger charge is 2.04. The third-order valence-electron chi connectivity index (χ3n) is 2.44. The average Bonchev–Trinajstić information content (AvgIpc) is 2.29. The van der Waals surface area contributed by atoms with E-state index in [1.807, 2.05) is 30.5 Å². The summed E-state index contributed by atoms with van der Waals surface area (Å²) in [6.07, 6.45) is 2.34. The number of carbonyl (C=O) groups excluding carboxylic acids is 1. The van der Waals surface area contributed by atoms with Gasteiger partial charge in [-0.2, -0.15) is 0 Å². The van der Waals surface area contributed by atoms with Crippen LogP contribution in [-0.4, -0.2) is 11.4 Å². The molecule has 0 radical (unpaired) electrons. The van der Waals surface area contributed by atoms with Gasteiger partial charge in [0.25, 0.3) is 0 Å². The van der Waals surface area contributed by atoms with E-state index >= 15 is 0 Å². The van der Waals surface area contributed by atoms with E-state index in [0.717, 1.165) is 5.56 Å². The van der Waals surface area contributed by atoms with Crippen LogP contribution in [0.4, 0.5) is 0 Å². The molecule has 0 saturated heterocycles. The summed E-state index contributed by atoms with van der Waals surface area (Å²) in [5, 5.41) is 2.60. The molecule has 2 rings (SSSR count). The predicted molar refractivity (Wildman–Crippen MR) is 66.2 cm³/mol. The number of thioether (sulfide) groups is 1. The molecule has 0 bridgehead atoms. The predicted octanol–water partition coefficient (Wildman–Crippen LogP) is 3.27. The van der Waals surface area contributed by atoms with Gasteiger partial charge >= 0.3 is 0 Å². The molecule has 0 fully saturated rings. The summed E-state index contributed by atoms with van der Waals surface area (Å²) >= 11 is 1.29. The van der Waals surface area contributed by atoms with Crippen molar-refractivity contribution in [2.45, 2.75) is 6.42 Å². The molecule has 0 aromatic heterocycles. The number of rotatable bonds is 2. The summed E-state index contributed by atoms with van der Waals surface area (Å²) in [7, 11) is 0. The molecule has 0 heterocycles. The zero-order valence-electron chi connectivity index (χ0n) is 8.57. The SMILES string of the molecule is CSC(=O)Cc1cccc2ccccc12. The van der Waals surface area contributed by atoms with E-state index in [1.54, 1.807) is 0 Å². The molecule has 76 valence electrons. The lowest BCUT2D eigenvalue weighted by Gasteiger charge is -2.04. The molecular formula is C13H12OS. The van der Waals surface area contributed by atoms with Crippen LogP contribution in [-0.2, 0) is 11.2 Å². The largest absolute Gasteiger partial charge is 0.287 e. The first-order chi connectivity index (χ1) is 7.31. The van der Waals surface area contributed by atoms with Crippen LogP contribution in [0.1, 0.15) is 5.56 Å². The molecule has 0 saturated carbocycles. The van der Waals surface area contributed by atoms with Crippen LogP contribution in [0.15, 0.2) is 42.5 Å². The molecule has 15 heavy (non-hydrogen) atoms. The van der Waals surface area contributed by atoms with Crippen LogP contribution in [0.2, 0.25) is 0 Å². The topological polar surface area (TPSA) is 17.1 Å². The van der Waals surface area contributed by atoms with Gasteiger partial charge in [-0.15, -0.1) is 0 Å². The van der Waals surface area contributed by atoms with E-state index in [2.05, 4.69) is 18.2 Å². The van der Waals surface area contributed by atoms with Crippen LogP contribution in [0.25, 0.3) is 10.8 Å². The molecule has 1 nitrogen and oxygen atoms in total. The van der Waals surface area contributed by atoms with Gasteiger partial charge in [-0.3, -0.25) is 4.79 Å². The quantitative estimate of drug-likeness (QED) is 0.766. The van der Waals surface area contributed by atoms with Crippen LogP contribution in [0.5, 0.6) is 0 Å². The lowest BCUT2D eigenvalue weighted by atomic mass is 10.0. The summed E-state index contributed by atoms with van der Waals surface area (Å²) in [5.41, 5.74) is 1.12. The summed E-state index contributed by atoms with van der Waals surface area (Å²) < 4.78 is 0. The van der Waals surface area contributed by atoms with Crippen molar-refractivity contribution in [3.63, 3.8) is 0 Å². The molecule has 0 unspecified atom stereocenters. The Morgan fingerprint density at radius 2 is 1.87 bits per heavy atom. The minimum Gasteiger partial charge on any atom is -0.287 e. The Labute approximate surface area is 93.5 Å². The minimum absolute atomic E-state index is 0.214. The van der Waals surface area contributed by atoms with E-state index in [9.17, 15) is 4.79 Å². The molecule has 0 atom stereocenters. The highest BCUT2D eigenvalue weighted by molar-refractivity contribution is 8.13. The van der Waals surface area contributed by atoms with E-state index in [0.29, 0.717) is 6.42 Å². The van der Waals surface area contributed by atoms with Crippen molar-refractivity contribution in [2.24, 2.45) is 0 Å². The first kappa shape index (κ1) is 10.2. The summed E-state index contributed by atoms with van der Waals surface area (Å²) in [5.74, 6) is 0. The number of benzene rings is 2. The van der Waals surface area contributed by atoms with Gasteiger partial charge < -0.3 is 0 Å². The first-order valence-electron chi connectivity index (χ1n) is 4.84. The highest BCUT2D eigenvalue weighted by Crippen LogP contribution is 2.20. The van der Waals surface area contributed by atoms with Gasteiger partial charge in [0.2, 0.25) is 0 Å². The Morgan fingerprint density at radius 3 is 2.67 bits per heavy atom. The van der Waals surface area contributed by atoms with Gasteiger partial charge in [-0.1, -0.05) is 54.2 Å². The van der Waals surface area contributed by atoms with Crippen LogP contribution < -0.4 is 0 Å². The second-order valence-corrected chi connectivity index (χ2v) is 4.25. The molecule has 2 aromatic carbocycles. The van der Waals surface area contributed by atoms with Crippen LogP contribution in [0, 0.1) is 0 Å². The number of fused-ring (bicyclic) bond motifs is 1. The van der Waals surface area contributed by atoms with Gasteiger partial charge in [0.1, 0.15) is 0 Å². The Kier molecular flexibility index (Phi) is 3.07. The summed E-state index contributed by atoms with van der Waals surface area (Å²) in [4.78, 5) is 11.4. The molecule has 0 spiro atoms. The Bertz CT molecular complexity index is 485. The van der Waals surface area contributed by atoms with E-state index < -0.39 is 0 Å². The number of carbonyl (C=O) groups is 1. The van der Waals surface area contributed by atoms with Crippen LogP contribution >= 0.6 is 11.8 Å². The van der Waals surface area contributed by atoms with Crippen molar-refractivity contribution in [2.75, 3.05) is 6.26 Å². The third kappa shape index (κ3) is 2.21. The lowest BCUT2D eigenvalue weighted by Crippen LogP contribution is -1.97. The Hall–Kier alpha value is -1.28. The number of hydrogen-bond donors (Lipinski definition) is 0. The van der Waals surface area contributed by atoms with Gasteiger partial charge in [-0.05, 0) is 22.6 Å². The van der Waals surface area contributed by atoms with E-state index in [1.165, 1.54) is 22.5 Å². The zero-order chi connectivity index (χ0) is 10.7. The van der Waals surface area contributed by atoms with Crippen LogP contribution in [0.3, 0.4) is 0 Å². The second-order valence-electron chi connectivity index (χ2n) is 3.39. The van der Waals surface area contributed by atoms with Crippen molar-refractivity contribution >= 4 is 27.6 Å². The standard InChI is InChI=1S/C13H12OS/c1-15-13(14)9-11-7-4-6-10-5-2-3-8-12(10)11/h2-8H,9H2,1H3. The number of hydrogen-bond acceptors (Lipinski definition) is 2. The fourth-order valence-corrected chi connectivity index (χ4v) is 1.97. The molecular weight excluding hydrogens is 204 g/mol. The smallest absolute Gasteiger partial charge is 0.193 e. The third-order valence-corrected chi connectivity index (χ3v) is 3.04. The molecule has 2 aromatic rings. The molecule has 0 N–H and O–H groups in total. The van der Waals surface area contributed by atoms with Gasteiger partial charge in [0.15, 0.2) is 5.12 Å². The molecule has 0 aliphatic heterocycles. The molecule has 0 aliphatic rings. The Morgan fingerprint density at radius 1 is 1.13 bits per heavy atom. The summed E-state index contributed by atoms with van der Waals surface area (Å²) in [6.45, 7) is 0. The van der Waals surface area contributed by atoms with E-state index in [4.69, 9.17) is 0 Å². The summed E-state index contributed by atoms with van der Waals surface area (Å²) in [6, 6.07) is 14.3. The first-order valence-corrected chi connectivity index (χ1v) is 6.07. The van der Waals surface area contributed by atoms with Crippen molar-refractivity contribution < 1.29 is 4.79 Å². The maximum atomic E-state index is 11.4. The van der Waals surface area contributed by atoms with Crippen molar-refractivity contribution in [3.05, 3.63) is 48.0 Å². The van der Waals surface area contributed by atoms with Gasteiger partial charge in [0, 0.05) is 6.42 Å². The fraction of sp³-hybridized carbons (Fsp3) is 0.154. The normalized spacial score (nSPS) is 10.5. The van der Waals surface area contributed by atoms with Gasteiger partial charge in [0.05, 0.1) is 0 Å². The van der Waals surface area contributed by atoms with Crippen molar-refractivity contribution in [3.8, 4) is 0 Å². The average molecular weight is 216 g/mol.